The van der Waals surface area contributed by atoms with Crippen molar-refractivity contribution in [1.82, 2.24) is 0 Å². The Morgan fingerprint density at radius 2 is 1.57 bits per heavy atom. The van der Waals surface area contributed by atoms with Gasteiger partial charge in [-0.25, -0.2) is 0 Å². The van der Waals surface area contributed by atoms with Crippen molar-refractivity contribution in [3.8, 4) is 0 Å². The first-order valence-electron chi connectivity index (χ1n) is 9.10. The fourth-order valence-electron chi connectivity index (χ4n) is 2.55. The fourth-order valence-corrected chi connectivity index (χ4v) is 2.55. The summed E-state index contributed by atoms with van der Waals surface area (Å²) in [5.41, 5.74) is 8.37. The maximum Gasteiger partial charge on any atom is 0.306 e. The number of nitrogens with one attached hydrogen (secondary N) is 1. The number of esters is 1. The van der Waals surface area contributed by atoms with Gasteiger partial charge in [0.25, 0.3) is 5.91 Å². The number of amides is 2. The van der Waals surface area contributed by atoms with Crippen LogP contribution in [0.1, 0.15) is 48.7 Å². The van der Waals surface area contributed by atoms with Crippen molar-refractivity contribution in [2.24, 2.45) is 5.73 Å². The Kier molecular flexibility index (Phi) is 6.93. The van der Waals surface area contributed by atoms with Crippen LogP contribution in [0.15, 0.2) is 48.5 Å². The van der Waals surface area contributed by atoms with Gasteiger partial charge in [0.1, 0.15) is 0 Å². The monoisotopic (exact) mass is 382 g/mol. The number of benzene rings is 2. The van der Waals surface area contributed by atoms with Gasteiger partial charge in [0.15, 0.2) is 6.61 Å². The molecule has 28 heavy (non-hydrogen) atoms. The van der Waals surface area contributed by atoms with E-state index in [1.165, 1.54) is 17.7 Å². The standard InChI is InChI=1S/C22H26N2O4/c1-22(2,3)17-9-4-15(5-10-17)6-13-20(26)28-14-19(25)24-18-11-7-16(8-12-18)21(23)27/h4-5,7-12H,6,13-14H2,1-3H3,(H2,23,27)(H,24,25). The highest BCUT2D eigenvalue weighted by atomic mass is 16.5. The van der Waals surface area contributed by atoms with Gasteiger partial charge in [-0.15, -0.1) is 0 Å². The Labute approximate surface area is 165 Å². The maximum absolute atomic E-state index is 11.9. The van der Waals surface area contributed by atoms with Crippen LogP contribution in [0.5, 0.6) is 0 Å². The van der Waals surface area contributed by atoms with Crippen LogP contribution in [0, 0.1) is 0 Å². The number of anilines is 1. The zero-order chi connectivity index (χ0) is 20.7. The topological polar surface area (TPSA) is 98.5 Å². The second-order valence-electron chi connectivity index (χ2n) is 7.60. The van der Waals surface area contributed by atoms with Crippen LogP contribution in [-0.2, 0) is 26.2 Å². The summed E-state index contributed by atoms with van der Waals surface area (Å²) in [6.45, 7) is 6.09. The van der Waals surface area contributed by atoms with Crippen LogP contribution in [0.2, 0.25) is 0 Å². The van der Waals surface area contributed by atoms with E-state index in [9.17, 15) is 14.4 Å². The van der Waals surface area contributed by atoms with Gasteiger partial charge in [0, 0.05) is 17.7 Å². The largest absolute Gasteiger partial charge is 0.456 e. The van der Waals surface area contributed by atoms with E-state index in [0.717, 1.165) is 5.56 Å². The van der Waals surface area contributed by atoms with E-state index in [0.29, 0.717) is 17.7 Å². The first kappa shape index (κ1) is 21.2. The molecule has 0 aliphatic carbocycles. The van der Waals surface area contributed by atoms with Gasteiger partial charge in [0.05, 0.1) is 0 Å². The van der Waals surface area contributed by atoms with Crippen molar-refractivity contribution in [3.05, 3.63) is 65.2 Å². The van der Waals surface area contributed by atoms with Crippen LogP contribution < -0.4 is 11.1 Å². The number of primary amides is 1. The fraction of sp³-hybridized carbons (Fsp3) is 0.318. The average Bonchev–Trinajstić information content (AvgIpc) is 2.64. The second kappa shape index (κ2) is 9.17. The summed E-state index contributed by atoms with van der Waals surface area (Å²) in [6, 6.07) is 14.3. The summed E-state index contributed by atoms with van der Waals surface area (Å²) < 4.78 is 5.01. The lowest BCUT2D eigenvalue weighted by Gasteiger charge is -2.19. The molecule has 0 aromatic heterocycles. The molecule has 2 aromatic rings. The quantitative estimate of drug-likeness (QED) is 0.719. The molecule has 0 aliphatic rings. The van der Waals surface area contributed by atoms with Crippen molar-refractivity contribution in [2.75, 3.05) is 11.9 Å². The molecule has 3 N–H and O–H groups in total. The van der Waals surface area contributed by atoms with E-state index in [1.54, 1.807) is 12.1 Å². The molecule has 0 radical (unpaired) electrons. The molecule has 6 nitrogen and oxygen atoms in total. The molecule has 0 heterocycles. The molecule has 2 amide bonds. The summed E-state index contributed by atoms with van der Waals surface area (Å²) in [7, 11) is 0. The van der Waals surface area contributed by atoms with Gasteiger partial charge >= 0.3 is 5.97 Å². The molecule has 0 fully saturated rings. The first-order valence-corrected chi connectivity index (χ1v) is 9.10. The zero-order valence-electron chi connectivity index (χ0n) is 16.5. The highest BCUT2D eigenvalue weighted by Crippen LogP contribution is 2.22. The molecular formula is C22H26N2O4. The van der Waals surface area contributed by atoms with Crippen molar-refractivity contribution in [3.63, 3.8) is 0 Å². The van der Waals surface area contributed by atoms with E-state index in [1.807, 2.05) is 12.1 Å². The summed E-state index contributed by atoms with van der Waals surface area (Å²) in [5.74, 6) is -1.42. The Morgan fingerprint density at radius 1 is 0.964 bits per heavy atom. The van der Waals surface area contributed by atoms with E-state index in [2.05, 4.69) is 38.2 Å². The van der Waals surface area contributed by atoms with Gasteiger partial charge in [-0.3, -0.25) is 14.4 Å². The third-order valence-electron chi connectivity index (χ3n) is 4.26. The second-order valence-corrected chi connectivity index (χ2v) is 7.60. The Balaban J connectivity index is 1.74. The Bertz CT molecular complexity index is 834. The average molecular weight is 382 g/mol. The minimum absolute atomic E-state index is 0.0883. The lowest BCUT2D eigenvalue weighted by atomic mass is 9.86. The molecule has 2 rings (SSSR count). The number of nitrogens with two attached hydrogens (primary N) is 1. The highest BCUT2D eigenvalue weighted by molar-refractivity contribution is 5.95. The van der Waals surface area contributed by atoms with Gasteiger partial charge in [-0.2, -0.15) is 0 Å². The maximum atomic E-state index is 11.9. The molecule has 0 saturated carbocycles. The zero-order valence-corrected chi connectivity index (χ0v) is 16.5. The van der Waals surface area contributed by atoms with Crippen LogP contribution in [0.4, 0.5) is 5.69 Å². The smallest absolute Gasteiger partial charge is 0.306 e. The third kappa shape index (κ3) is 6.54. The van der Waals surface area contributed by atoms with E-state index in [4.69, 9.17) is 10.5 Å². The van der Waals surface area contributed by atoms with Crippen LogP contribution >= 0.6 is 0 Å². The normalized spacial score (nSPS) is 11.0. The van der Waals surface area contributed by atoms with Gasteiger partial charge in [-0.1, -0.05) is 45.0 Å². The van der Waals surface area contributed by atoms with Crippen LogP contribution in [0.3, 0.4) is 0 Å². The predicted molar refractivity (Wildman–Crippen MR) is 108 cm³/mol. The minimum atomic E-state index is -0.542. The summed E-state index contributed by atoms with van der Waals surface area (Å²) >= 11 is 0. The van der Waals surface area contributed by atoms with Crippen molar-refractivity contribution in [2.45, 2.75) is 39.0 Å². The minimum Gasteiger partial charge on any atom is -0.456 e. The molecule has 0 bridgehead atoms. The highest BCUT2D eigenvalue weighted by Gasteiger charge is 2.13. The molecule has 0 aliphatic heterocycles. The number of hydrogen-bond acceptors (Lipinski definition) is 4. The lowest BCUT2D eigenvalue weighted by Crippen LogP contribution is -2.21. The molecule has 148 valence electrons. The van der Waals surface area contributed by atoms with Gasteiger partial charge in [-0.05, 0) is 47.2 Å². The molecule has 6 heteroatoms. The molecule has 0 spiro atoms. The number of rotatable bonds is 7. The first-order chi connectivity index (χ1) is 13.1. The molecular weight excluding hydrogens is 356 g/mol. The lowest BCUT2D eigenvalue weighted by molar-refractivity contribution is -0.147. The molecule has 0 atom stereocenters. The Hall–Kier alpha value is -3.15. The number of carbonyl (C=O) groups excluding carboxylic acids is 3. The van der Waals surface area contributed by atoms with Crippen molar-refractivity contribution in [1.29, 1.82) is 0 Å². The van der Waals surface area contributed by atoms with Crippen LogP contribution in [-0.4, -0.2) is 24.4 Å². The van der Waals surface area contributed by atoms with E-state index < -0.39 is 17.8 Å². The van der Waals surface area contributed by atoms with E-state index >= 15 is 0 Å². The van der Waals surface area contributed by atoms with Gasteiger partial charge < -0.3 is 15.8 Å². The summed E-state index contributed by atoms with van der Waals surface area (Å²) in [6.07, 6.45) is 0.759. The van der Waals surface area contributed by atoms with Crippen molar-refractivity contribution < 1.29 is 19.1 Å². The third-order valence-corrected chi connectivity index (χ3v) is 4.26. The predicted octanol–water partition coefficient (Wildman–Crippen LogP) is 3.20. The van der Waals surface area contributed by atoms with Crippen LogP contribution in [0.25, 0.3) is 0 Å². The van der Waals surface area contributed by atoms with Gasteiger partial charge in [0.2, 0.25) is 5.91 Å². The number of ether oxygens (including phenoxy) is 1. The molecule has 2 aromatic carbocycles. The van der Waals surface area contributed by atoms with E-state index in [-0.39, 0.29) is 18.4 Å². The molecule has 0 saturated heterocycles. The Morgan fingerprint density at radius 3 is 2.11 bits per heavy atom. The number of carbonyl (C=O) groups is 3. The number of aryl methyl sites for hydroxylation is 1. The molecule has 0 unspecified atom stereocenters. The summed E-state index contributed by atoms with van der Waals surface area (Å²) in [4.78, 5) is 34.7. The summed E-state index contributed by atoms with van der Waals surface area (Å²) in [5, 5.41) is 2.59. The number of hydrogen-bond donors (Lipinski definition) is 2. The van der Waals surface area contributed by atoms with Crippen molar-refractivity contribution >= 4 is 23.5 Å². The SMILES string of the molecule is CC(C)(C)c1ccc(CCC(=O)OCC(=O)Nc2ccc(C(N)=O)cc2)cc1.